The van der Waals surface area contributed by atoms with Crippen LogP contribution in [0.3, 0.4) is 0 Å². The van der Waals surface area contributed by atoms with Crippen molar-refractivity contribution >= 4 is 15.9 Å². The average molecular weight is 270 g/mol. The summed E-state index contributed by atoms with van der Waals surface area (Å²) in [5.41, 5.74) is 1.36. The van der Waals surface area contributed by atoms with Gasteiger partial charge in [-0.15, -0.1) is 0 Å². The fourth-order valence-corrected chi connectivity index (χ4v) is 2.03. The predicted octanol–water partition coefficient (Wildman–Crippen LogP) is 2.37. The lowest BCUT2D eigenvalue weighted by molar-refractivity contribution is 0.0155. The number of ether oxygens (including phenoxy) is 1. The van der Waals surface area contributed by atoms with Crippen LogP contribution in [0.5, 0.6) is 0 Å². The number of hydrogen-bond acceptors (Lipinski definition) is 2. The molecule has 2 unspecified atom stereocenters. The predicted molar refractivity (Wildman–Crippen MR) is 65.1 cm³/mol. The molecule has 1 saturated heterocycles. The Labute approximate surface area is 99.1 Å². The molecule has 1 aliphatic heterocycles. The molecule has 0 bridgehead atoms. The standard InChI is InChI=1S/C12H16BrNO/c1-9-7-14-12(8-15-9)6-10-2-4-11(13)5-3-10/h2-5,9,12,14H,6-8H2,1H3. The van der Waals surface area contributed by atoms with Gasteiger partial charge in [0, 0.05) is 17.1 Å². The third kappa shape index (κ3) is 3.30. The van der Waals surface area contributed by atoms with Gasteiger partial charge >= 0.3 is 0 Å². The van der Waals surface area contributed by atoms with Crippen LogP contribution < -0.4 is 5.32 Å². The molecule has 1 aromatic carbocycles. The maximum Gasteiger partial charge on any atom is 0.0672 e. The number of hydrogen-bond donors (Lipinski definition) is 1. The second-order valence-electron chi connectivity index (χ2n) is 4.08. The Kier molecular flexibility index (Phi) is 3.78. The van der Waals surface area contributed by atoms with Crippen LogP contribution in [0, 0.1) is 0 Å². The Morgan fingerprint density at radius 3 is 2.73 bits per heavy atom. The molecule has 0 aliphatic carbocycles. The van der Waals surface area contributed by atoms with Crippen molar-refractivity contribution in [1.29, 1.82) is 0 Å². The van der Waals surface area contributed by atoms with Gasteiger partial charge in [-0.2, -0.15) is 0 Å². The van der Waals surface area contributed by atoms with Crippen LogP contribution in [0.25, 0.3) is 0 Å². The van der Waals surface area contributed by atoms with Gasteiger partial charge in [0.1, 0.15) is 0 Å². The van der Waals surface area contributed by atoms with Crippen LogP contribution in [0.4, 0.5) is 0 Å². The molecule has 0 saturated carbocycles. The molecule has 0 aromatic heterocycles. The van der Waals surface area contributed by atoms with Crippen molar-refractivity contribution in [2.45, 2.75) is 25.5 Å². The normalized spacial score (nSPS) is 26.5. The van der Waals surface area contributed by atoms with Gasteiger partial charge in [-0.1, -0.05) is 28.1 Å². The molecule has 1 aliphatic rings. The molecular formula is C12H16BrNO. The van der Waals surface area contributed by atoms with Crippen LogP contribution in [-0.2, 0) is 11.2 Å². The minimum absolute atomic E-state index is 0.353. The highest BCUT2D eigenvalue weighted by Crippen LogP contribution is 2.13. The van der Waals surface area contributed by atoms with E-state index in [1.54, 1.807) is 0 Å². The molecule has 2 nitrogen and oxygen atoms in total. The Balaban J connectivity index is 1.89. The molecule has 15 heavy (non-hydrogen) atoms. The second-order valence-corrected chi connectivity index (χ2v) is 5.00. The topological polar surface area (TPSA) is 21.3 Å². The van der Waals surface area contributed by atoms with Gasteiger partial charge in [0.15, 0.2) is 0 Å². The number of halogens is 1. The van der Waals surface area contributed by atoms with Crippen LogP contribution in [-0.4, -0.2) is 25.3 Å². The molecule has 1 N–H and O–H groups in total. The molecule has 3 heteroatoms. The Morgan fingerprint density at radius 1 is 1.40 bits per heavy atom. The van der Waals surface area contributed by atoms with Crippen molar-refractivity contribution in [2.24, 2.45) is 0 Å². The van der Waals surface area contributed by atoms with E-state index in [0.29, 0.717) is 12.1 Å². The largest absolute Gasteiger partial charge is 0.376 e. The maximum absolute atomic E-state index is 5.61. The lowest BCUT2D eigenvalue weighted by Gasteiger charge is -2.28. The first-order chi connectivity index (χ1) is 7.24. The first-order valence-corrected chi connectivity index (χ1v) is 6.13. The molecule has 2 rings (SSSR count). The number of nitrogens with one attached hydrogen (secondary N) is 1. The van der Waals surface area contributed by atoms with E-state index in [1.807, 2.05) is 0 Å². The zero-order valence-electron chi connectivity index (χ0n) is 8.87. The van der Waals surface area contributed by atoms with E-state index < -0.39 is 0 Å². The quantitative estimate of drug-likeness (QED) is 0.890. The van der Waals surface area contributed by atoms with Gasteiger partial charge in [-0.05, 0) is 31.0 Å². The lowest BCUT2D eigenvalue weighted by Crippen LogP contribution is -2.46. The molecule has 1 aromatic rings. The first-order valence-electron chi connectivity index (χ1n) is 5.33. The third-order valence-electron chi connectivity index (χ3n) is 2.67. The van der Waals surface area contributed by atoms with Crippen LogP contribution in [0.2, 0.25) is 0 Å². The molecule has 82 valence electrons. The third-order valence-corrected chi connectivity index (χ3v) is 3.20. The molecule has 0 spiro atoms. The van der Waals surface area contributed by atoms with Crippen molar-refractivity contribution in [3.05, 3.63) is 34.3 Å². The van der Waals surface area contributed by atoms with E-state index in [-0.39, 0.29) is 0 Å². The number of rotatable bonds is 2. The summed E-state index contributed by atoms with van der Waals surface area (Å²) in [6.07, 6.45) is 1.39. The highest BCUT2D eigenvalue weighted by molar-refractivity contribution is 9.10. The highest BCUT2D eigenvalue weighted by atomic mass is 79.9. The van der Waals surface area contributed by atoms with Crippen molar-refractivity contribution < 1.29 is 4.74 Å². The average Bonchev–Trinajstić information content (AvgIpc) is 2.25. The summed E-state index contributed by atoms with van der Waals surface area (Å²) in [5.74, 6) is 0. The number of benzene rings is 1. The van der Waals surface area contributed by atoms with Crippen molar-refractivity contribution in [3.63, 3.8) is 0 Å². The summed E-state index contributed by atoms with van der Waals surface area (Å²) in [4.78, 5) is 0. The SMILES string of the molecule is CC1CNC(Cc2ccc(Br)cc2)CO1. The number of morpholine rings is 1. The van der Waals surface area contributed by atoms with Gasteiger partial charge in [-0.25, -0.2) is 0 Å². The minimum Gasteiger partial charge on any atom is -0.376 e. The molecule has 0 amide bonds. The minimum atomic E-state index is 0.353. The monoisotopic (exact) mass is 269 g/mol. The zero-order chi connectivity index (χ0) is 10.7. The molecule has 2 atom stereocenters. The van der Waals surface area contributed by atoms with Gasteiger partial charge in [0.2, 0.25) is 0 Å². The molecule has 1 heterocycles. The van der Waals surface area contributed by atoms with Gasteiger partial charge in [0.25, 0.3) is 0 Å². The van der Waals surface area contributed by atoms with Gasteiger partial charge < -0.3 is 10.1 Å². The lowest BCUT2D eigenvalue weighted by atomic mass is 10.1. The maximum atomic E-state index is 5.61. The van der Waals surface area contributed by atoms with E-state index in [2.05, 4.69) is 52.4 Å². The highest BCUT2D eigenvalue weighted by Gasteiger charge is 2.17. The van der Waals surface area contributed by atoms with Gasteiger partial charge in [0.05, 0.1) is 12.7 Å². The second kappa shape index (κ2) is 5.10. The van der Waals surface area contributed by atoms with E-state index in [1.165, 1.54) is 5.56 Å². The van der Waals surface area contributed by atoms with Crippen molar-refractivity contribution in [1.82, 2.24) is 5.32 Å². The van der Waals surface area contributed by atoms with Crippen molar-refractivity contribution in [2.75, 3.05) is 13.2 Å². The molecule has 1 fully saturated rings. The van der Waals surface area contributed by atoms with E-state index in [0.717, 1.165) is 24.0 Å². The zero-order valence-corrected chi connectivity index (χ0v) is 10.5. The smallest absolute Gasteiger partial charge is 0.0672 e. The van der Waals surface area contributed by atoms with Crippen LogP contribution >= 0.6 is 15.9 Å². The Morgan fingerprint density at radius 2 is 2.13 bits per heavy atom. The summed E-state index contributed by atoms with van der Waals surface area (Å²) >= 11 is 3.44. The summed E-state index contributed by atoms with van der Waals surface area (Å²) in [5, 5.41) is 3.50. The summed E-state index contributed by atoms with van der Waals surface area (Å²) < 4.78 is 6.75. The van der Waals surface area contributed by atoms with Crippen LogP contribution in [0.1, 0.15) is 12.5 Å². The van der Waals surface area contributed by atoms with Gasteiger partial charge in [-0.3, -0.25) is 0 Å². The van der Waals surface area contributed by atoms with Crippen LogP contribution in [0.15, 0.2) is 28.7 Å². The Hall–Kier alpha value is -0.380. The fourth-order valence-electron chi connectivity index (χ4n) is 1.77. The summed E-state index contributed by atoms with van der Waals surface area (Å²) in [6, 6.07) is 8.94. The first kappa shape index (κ1) is 11.1. The van der Waals surface area contributed by atoms with Crippen molar-refractivity contribution in [3.8, 4) is 0 Å². The fraction of sp³-hybridized carbons (Fsp3) is 0.500. The molecular weight excluding hydrogens is 254 g/mol. The van der Waals surface area contributed by atoms with E-state index in [9.17, 15) is 0 Å². The van der Waals surface area contributed by atoms with E-state index in [4.69, 9.17) is 4.74 Å². The molecule has 0 radical (unpaired) electrons. The van der Waals surface area contributed by atoms with E-state index >= 15 is 0 Å². The Bertz CT molecular complexity index is 304. The summed E-state index contributed by atoms with van der Waals surface area (Å²) in [6.45, 7) is 3.88. The summed E-state index contributed by atoms with van der Waals surface area (Å²) in [7, 11) is 0.